The number of nitrogens with zero attached hydrogens (tertiary/aromatic N) is 4. The lowest BCUT2D eigenvalue weighted by Gasteiger charge is -2.34. The molecule has 0 bridgehead atoms. The monoisotopic (exact) mass is 794 g/mol. The number of aromatic amines is 1. The first-order valence-corrected chi connectivity index (χ1v) is 18.3. The lowest BCUT2D eigenvalue weighted by atomic mass is 10.0. The Hall–Kier alpha value is -5.61. The summed E-state index contributed by atoms with van der Waals surface area (Å²) in [7, 11) is 1.23. The highest BCUT2D eigenvalue weighted by Crippen LogP contribution is 2.41. The lowest BCUT2D eigenvalue weighted by Crippen LogP contribution is -2.51. The zero-order valence-electron chi connectivity index (χ0n) is 31.3. The number of piperazine rings is 1. The number of imidazole rings is 1. The first-order valence-electron chi connectivity index (χ1n) is 17.9. The molecule has 56 heavy (non-hydrogen) atoms. The predicted octanol–water partition coefficient (Wildman–Crippen LogP) is 6.95. The van der Waals surface area contributed by atoms with E-state index in [-0.39, 0.29) is 39.7 Å². The quantitative estimate of drug-likeness (QED) is 0.125. The number of hydrogen-bond donors (Lipinski definition) is 4. The van der Waals surface area contributed by atoms with Crippen molar-refractivity contribution in [2.24, 2.45) is 5.92 Å². The second kappa shape index (κ2) is 16.6. The van der Waals surface area contributed by atoms with E-state index in [0.29, 0.717) is 35.0 Å². The fourth-order valence-electron chi connectivity index (χ4n) is 6.71. The minimum absolute atomic E-state index is 0.0105. The van der Waals surface area contributed by atoms with Crippen molar-refractivity contribution in [2.45, 2.75) is 52.2 Å². The maximum absolute atomic E-state index is 13.7. The molecule has 296 valence electrons. The fourth-order valence-corrected chi connectivity index (χ4v) is 6.92. The van der Waals surface area contributed by atoms with Crippen molar-refractivity contribution in [3.8, 4) is 28.1 Å². The second-order valence-corrected chi connectivity index (χ2v) is 14.4. The molecular weight excluding hydrogens is 753 g/mol. The summed E-state index contributed by atoms with van der Waals surface area (Å²) < 4.78 is 50.1. The molecule has 3 amide bonds. The van der Waals surface area contributed by atoms with Crippen LogP contribution in [0.2, 0.25) is 5.02 Å². The molecule has 6 rings (SSSR count). The molecule has 0 saturated carbocycles. The number of aromatic nitrogens is 3. The summed E-state index contributed by atoms with van der Waals surface area (Å²) in [5.41, 5.74) is 2.62. The Kier molecular flexibility index (Phi) is 11.9. The van der Waals surface area contributed by atoms with Gasteiger partial charge < -0.3 is 40.2 Å². The van der Waals surface area contributed by atoms with Crippen molar-refractivity contribution in [3.05, 3.63) is 89.0 Å². The van der Waals surface area contributed by atoms with E-state index in [2.05, 4.69) is 42.5 Å². The van der Waals surface area contributed by atoms with Crippen LogP contribution in [0.4, 0.5) is 29.5 Å². The van der Waals surface area contributed by atoms with E-state index in [9.17, 15) is 27.6 Å². The van der Waals surface area contributed by atoms with Crippen molar-refractivity contribution >= 4 is 41.0 Å². The second-order valence-electron chi connectivity index (χ2n) is 14.0. The van der Waals surface area contributed by atoms with Crippen LogP contribution in [0.3, 0.4) is 0 Å². The van der Waals surface area contributed by atoms with Crippen LogP contribution < -0.4 is 25.6 Å². The van der Waals surface area contributed by atoms with E-state index in [1.807, 2.05) is 26.8 Å². The van der Waals surface area contributed by atoms with Gasteiger partial charge in [-0.05, 0) is 43.5 Å². The summed E-state index contributed by atoms with van der Waals surface area (Å²) in [6, 6.07) is 11.1. The number of methoxy groups -OCH3 is 1. The van der Waals surface area contributed by atoms with Gasteiger partial charge in [0.05, 0.1) is 29.1 Å². The normalized spacial score (nSPS) is 17.7. The van der Waals surface area contributed by atoms with E-state index < -0.39 is 36.2 Å². The van der Waals surface area contributed by atoms with Crippen molar-refractivity contribution in [2.75, 3.05) is 43.5 Å². The van der Waals surface area contributed by atoms with Crippen molar-refractivity contribution in [3.63, 3.8) is 0 Å². The Morgan fingerprint density at radius 3 is 2.45 bits per heavy atom. The minimum Gasteiger partial charge on any atom is -0.453 e. The SMILES string of the molecule is COC(=O)N[C@H](C(=O)N1CC(C)=C[C@H]1c1nc(-c2ccc(-c3cc(Cl)c(NC(=O)c4ccc(N5CCNC[C@H]5C)nc4)cc3OC(F)(F)F)cc2)c[nH]1)C(C)C. The number of nitrogens with one attached hydrogen (secondary N) is 4. The van der Waals surface area contributed by atoms with Gasteiger partial charge in [-0.3, -0.25) is 9.59 Å². The Morgan fingerprint density at radius 2 is 1.80 bits per heavy atom. The average molecular weight is 795 g/mol. The number of carbonyl (C=O) groups excluding carboxylic acids is 3. The number of amides is 3. The molecule has 1 saturated heterocycles. The largest absolute Gasteiger partial charge is 0.573 e. The summed E-state index contributed by atoms with van der Waals surface area (Å²) in [6.45, 7) is 10.3. The molecule has 1 fully saturated rings. The van der Waals surface area contributed by atoms with E-state index in [4.69, 9.17) is 21.3 Å². The predicted molar refractivity (Wildman–Crippen MR) is 205 cm³/mol. The number of halogens is 4. The van der Waals surface area contributed by atoms with Crippen LogP contribution in [0.15, 0.2) is 72.6 Å². The third-order valence-corrected chi connectivity index (χ3v) is 9.90. The molecule has 17 heteroatoms. The van der Waals surface area contributed by atoms with Gasteiger partial charge in [-0.2, -0.15) is 0 Å². The standard InChI is InChI=1S/C39H42ClF3N8O5/c1-21(2)34(49-38(54)55-5)37(53)51-20-22(3)14-31(51)35-46-19-30(47-35)25-8-6-24(7-9-25)27-15-28(40)29(16-32(27)56-39(41,42)43)48-36(52)26-10-11-33(45-18-26)50-13-12-44-17-23(50)4/h6-11,14-16,18-19,21,23,31,34,44H,12-13,17,20H2,1-5H3,(H,46,47)(H,48,52)(H,49,54)/t23-,31+,34+/m1/s1. The Morgan fingerprint density at radius 1 is 1.07 bits per heavy atom. The average Bonchev–Trinajstić information content (AvgIpc) is 3.81. The maximum atomic E-state index is 13.7. The van der Waals surface area contributed by atoms with E-state index >= 15 is 0 Å². The zero-order chi connectivity index (χ0) is 40.3. The number of anilines is 2. The molecule has 4 N–H and O–H groups in total. The van der Waals surface area contributed by atoms with E-state index in [0.717, 1.165) is 31.3 Å². The topological polar surface area (TPSA) is 154 Å². The number of rotatable bonds is 10. The Labute approximate surface area is 326 Å². The van der Waals surface area contributed by atoms with Gasteiger partial charge in [-0.25, -0.2) is 14.8 Å². The van der Waals surface area contributed by atoms with Gasteiger partial charge in [0, 0.05) is 61.8 Å². The van der Waals surface area contributed by atoms with Gasteiger partial charge in [0.1, 0.15) is 29.5 Å². The lowest BCUT2D eigenvalue weighted by molar-refractivity contribution is -0.274. The number of benzene rings is 2. The van der Waals surface area contributed by atoms with Crippen LogP contribution in [0.25, 0.3) is 22.4 Å². The van der Waals surface area contributed by atoms with Crippen molar-refractivity contribution in [1.29, 1.82) is 0 Å². The summed E-state index contributed by atoms with van der Waals surface area (Å²) in [4.78, 5) is 54.8. The molecule has 0 unspecified atom stereocenters. The molecule has 0 spiro atoms. The summed E-state index contributed by atoms with van der Waals surface area (Å²) >= 11 is 6.55. The highest BCUT2D eigenvalue weighted by molar-refractivity contribution is 6.34. The van der Waals surface area contributed by atoms with Crippen LogP contribution >= 0.6 is 11.6 Å². The molecule has 0 aliphatic carbocycles. The number of pyridine rings is 1. The Bertz CT molecular complexity index is 2110. The number of hydrogen-bond acceptors (Lipinski definition) is 9. The van der Waals surface area contributed by atoms with Crippen LogP contribution in [0.5, 0.6) is 5.75 Å². The van der Waals surface area contributed by atoms with Crippen LogP contribution in [-0.4, -0.2) is 89.5 Å². The van der Waals surface area contributed by atoms with E-state index in [1.165, 1.54) is 19.4 Å². The van der Waals surface area contributed by atoms with Gasteiger partial charge in [0.15, 0.2) is 0 Å². The zero-order valence-corrected chi connectivity index (χ0v) is 32.1. The van der Waals surface area contributed by atoms with Gasteiger partial charge in [-0.15, -0.1) is 13.2 Å². The van der Waals surface area contributed by atoms with Crippen LogP contribution in [-0.2, 0) is 9.53 Å². The molecule has 0 radical (unpaired) electrons. The fraction of sp³-hybridized carbons (Fsp3) is 0.359. The first kappa shape index (κ1) is 40.1. The third kappa shape index (κ3) is 9.08. The molecule has 4 heterocycles. The molecular formula is C39H42ClF3N8O5. The highest BCUT2D eigenvalue weighted by atomic mass is 35.5. The molecule has 4 aromatic rings. The van der Waals surface area contributed by atoms with Gasteiger partial charge in [0.25, 0.3) is 5.91 Å². The van der Waals surface area contributed by atoms with Crippen molar-refractivity contribution < 1.29 is 37.0 Å². The molecule has 2 aromatic heterocycles. The molecule has 2 aliphatic heterocycles. The molecule has 2 aliphatic rings. The first-order chi connectivity index (χ1) is 26.6. The summed E-state index contributed by atoms with van der Waals surface area (Å²) in [5.74, 6) is -0.486. The summed E-state index contributed by atoms with van der Waals surface area (Å²) in [5, 5.41) is 8.50. The van der Waals surface area contributed by atoms with Crippen LogP contribution in [0.1, 0.15) is 49.9 Å². The number of carbonyl (C=O) groups is 3. The number of H-pyrrole nitrogens is 1. The van der Waals surface area contributed by atoms with Crippen molar-refractivity contribution in [1.82, 2.24) is 30.5 Å². The smallest absolute Gasteiger partial charge is 0.453 e. The van der Waals surface area contributed by atoms with Crippen LogP contribution in [0, 0.1) is 5.92 Å². The summed E-state index contributed by atoms with van der Waals surface area (Å²) in [6.07, 6.45) is -0.754. The van der Waals surface area contributed by atoms with Gasteiger partial charge >= 0.3 is 12.5 Å². The number of alkyl carbamates (subject to hydrolysis) is 1. The molecule has 3 atom stereocenters. The third-order valence-electron chi connectivity index (χ3n) is 9.59. The molecule has 2 aromatic carbocycles. The number of alkyl halides is 3. The highest BCUT2D eigenvalue weighted by Gasteiger charge is 2.37. The van der Waals surface area contributed by atoms with E-state index in [1.54, 1.807) is 47.5 Å². The number of ether oxygens (including phenoxy) is 2. The maximum Gasteiger partial charge on any atom is 0.573 e. The van der Waals surface area contributed by atoms with Gasteiger partial charge in [0.2, 0.25) is 5.91 Å². The molecule has 13 nitrogen and oxygen atoms in total. The Balaban J connectivity index is 1.21. The minimum atomic E-state index is -5.04. The van der Waals surface area contributed by atoms with Gasteiger partial charge in [-0.1, -0.05) is 61.4 Å².